The Balaban J connectivity index is 1.38. The minimum absolute atomic E-state index is 0.0898. The van der Waals surface area contributed by atoms with Gasteiger partial charge in [-0.3, -0.25) is 9.59 Å². The lowest BCUT2D eigenvalue weighted by atomic mass is 10.1. The Hall–Kier alpha value is -2.91. The van der Waals surface area contributed by atoms with Crippen LogP contribution in [0.4, 0.5) is 5.69 Å². The van der Waals surface area contributed by atoms with Gasteiger partial charge in [0, 0.05) is 11.1 Å². The molecule has 0 atom stereocenters. The van der Waals surface area contributed by atoms with Crippen molar-refractivity contribution in [3.8, 4) is 5.69 Å². The first kappa shape index (κ1) is 21.3. The van der Waals surface area contributed by atoms with E-state index >= 15 is 0 Å². The number of anilines is 1. The van der Waals surface area contributed by atoms with Crippen molar-refractivity contribution in [2.45, 2.75) is 36.9 Å². The van der Waals surface area contributed by atoms with E-state index in [1.54, 1.807) is 48.5 Å². The largest absolute Gasteiger partial charge is 0.349 e. The SMILES string of the molecule is O=C(CSc1nnnn1-c1ccc(Cl)cc1)Nc1ccccc1C(=O)NC1CCCC1. The zero-order chi connectivity index (χ0) is 21.6. The Morgan fingerprint density at radius 2 is 1.84 bits per heavy atom. The average Bonchev–Trinajstić information content (AvgIpc) is 3.45. The maximum absolute atomic E-state index is 12.7. The van der Waals surface area contributed by atoms with Crippen molar-refractivity contribution in [1.82, 2.24) is 25.5 Å². The van der Waals surface area contributed by atoms with Crippen LogP contribution in [-0.2, 0) is 4.79 Å². The minimum atomic E-state index is -0.253. The summed E-state index contributed by atoms with van der Waals surface area (Å²) < 4.78 is 1.54. The van der Waals surface area contributed by atoms with Gasteiger partial charge in [0.2, 0.25) is 11.1 Å². The topological polar surface area (TPSA) is 102 Å². The fraction of sp³-hybridized carbons (Fsp3) is 0.286. The van der Waals surface area contributed by atoms with E-state index in [0.717, 1.165) is 31.4 Å². The fourth-order valence-corrected chi connectivity index (χ4v) is 4.27. The number of rotatable bonds is 7. The van der Waals surface area contributed by atoms with Gasteiger partial charge in [-0.25, -0.2) is 0 Å². The molecule has 8 nitrogen and oxygen atoms in total. The molecule has 1 fully saturated rings. The summed E-state index contributed by atoms with van der Waals surface area (Å²) in [5.74, 6) is -0.328. The molecule has 2 aromatic carbocycles. The molecule has 31 heavy (non-hydrogen) atoms. The van der Waals surface area contributed by atoms with Crippen LogP contribution in [0, 0.1) is 0 Å². The molecule has 0 aliphatic heterocycles. The molecular weight excluding hydrogens is 436 g/mol. The predicted molar refractivity (Wildman–Crippen MR) is 120 cm³/mol. The summed E-state index contributed by atoms with van der Waals surface area (Å²) >= 11 is 7.13. The van der Waals surface area contributed by atoms with Gasteiger partial charge < -0.3 is 10.6 Å². The molecule has 1 heterocycles. The van der Waals surface area contributed by atoms with Crippen molar-refractivity contribution in [2.24, 2.45) is 0 Å². The van der Waals surface area contributed by atoms with Gasteiger partial charge in [-0.15, -0.1) is 5.10 Å². The van der Waals surface area contributed by atoms with E-state index in [2.05, 4.69) is 26.2 Å². The number of aromatic nitrogens is 4. The Morgan fingerprint density at radius 3 is 2.61 bits per heavy atom. The number of carbonyl (C=O) groups excluding carboxylic acids is 2. The van der Waals surface area contributed by atoms with E-state index in [1.165, 1.54) is 16.4 Å². The molecular formula is C21H21ClN6O2S. The monoisotopic (exact) mass is 456 g/mol. The van der Waals surface area contributed by atoms with Crippen LogP contribution in [0.5, 0.6) is 0 Å². The third-order valence-electron chi connectivity index (χ3n) is 4.98. The summed E-state index contributed by atoms with van der Waals surface area (Å²) in [6, 6.07) is 14.3. The maximum Gasteiger partial charge on any atom is 0.253 e. The molecule has 0 saturated heterocycles. The summed E-state index contributed by atoms with van der Waals surface area (Å²) in [4.78, 5) is 25.2. The second-order valence-electron chi connectivity index (χ2n) is 7.19. The molecule has 4 rings (SSSR count). The van der Waals surface area contributed by atoms with Gasteiger partial charge in [0.25, 0.3) is 5.91 Å². The van der Waals surface area contributed by atoms with E-state index < -0.39 is 0 Å². The van der Waals surface area contributed by atoms with Gasteiger partial charge in [0.1, 0.15) is 0 Å². The van der Waals surface area contributed by atoms with Gasteiger partial charge in [-0.05, 0) is 59.7 Å². The van der Waals surface area contributed by atoms with Crippen LogP contribution in [0.25, 0.3) is 5.69 Å². The lowest BCUT2D eigenvalue weighted by molar-refractivity contribution is -0.113. The van der Waals surface area contributed by atoms with Crippen LogP contribution in [-0.4, -0.2) is 43.8 Å². The van der Waals surface area contributed by atoms with Crippen LogP contribution >= 0.6 is 23.4 Å². The number of para-hydroxylation sites is 1. The molecule has 1 aliphatic carbocycles. The van der Waals surface area contributed by atoms with Crippen molar-refractivity contribution in [3.05, 3.63) is 59.1 Å². The minimum Gasteiger partial charge on any atom is -0.349 e. The molecule has 1 saturated carbocycles. The van der Waals surface area contributed by atoms with E-state index in [4.69, 9.17) is 11.6 Å². The molecule has 160 valence electrons. The number of hydrogen-bond acceptors (Lipinski definition) is 6. The zero-order valence-corrected chi connectivity index (χ0v) is 18.2. The van der Waals surface area contributed by atoms with E-state index in [1.807, 2.05) is 0 Å². The third kappa shape index (κ3) is 5.42. The first-order valence-corrected chi connectivity index (χ1v) is 11.3. The average molecular weight is 457 g/mol. The summed E-state index contributed by atoms with van der Waals surface area (Å²) in [6.45, 7) is 0. The highest BCUT2D eigenvalue weighted by molar-refractivity contribution is 7.99. The number of benzene rings is 2. The lowest BCUT2D eigenvalue weighted by Crippen LogP contribution is -2.33. The molecule has 0 bridgehead atoms. The van der Waals surface area contributed by atoms with Crippen LogP contribution < -0.4 is 10.6 Å². The van der Waals surface area contributed by atoms with Crippen molar-refractivity contribution < 1.29 is 9.59 Å². The predicted octanol–water partition coefficient (Wildman–Crippen LogP) is 3.72. The molecule has 2 N–H and O–H groups in total. The summed E-state index contributed by atoms with van der Waals surface area (Å²) in [7, 11) is 0. The van der Waals surface area contributed by atoms with E-state index in [0.29, 0.717) is 21.4 Å². The molecule has 0 spiro atoms. The molecule has 0 unspecified atom stereocenters. The summed E-state index contributed by atoms with van der Waals surface area (Å²) in [5, 5.41) is 18.6. The number of nitrogens with zero attached hydrogens (tertiary/aromatic N) is 4. The maximum atomic E-state index is 12.7. The van der Waals surface area contributed by atoms with Crippen molar-refractivity contribution >= 4 is 40.9 Å². The van der Waals surface area contributed by atoms with Crippen molar-refractivity contribution in [3.63, 3.8) is 0 Å². The van der Waals surface area contributed by atoms with Crippen LogP contribution in [0.15, 0.2) is 53.7 Å². The molecule has 1 aromatic heterocycles. The van der Waals surface area contributed by atoms with Gasteiger partial charge in [0.05, 0.1) is 22.7 Å². The van der Waals surface area contributed by atoms with Crippen LogP contribution in [0.3, 0.4) is 0 Å². The number of nitrogens with one attached hydrogen (secondary N) is 2. The highest BCUT2D eigenvalue weighted by atomic mass is 35.5. The highest BCUT2D eigenvalue weighted by Gasteiger charge is 2.20. The Morgan fingerprint density at radius 1 is 1.10 bits per heavy atom. The van der Waals surface area contributed by atoms with Crippen molar-refractivity contribution in [1.29, 1.82) is 0 Å². The first-order valence-electron chi connectivity index (χ1n) is 9.97. The zero-order valence-electron chi connectivity index (χ0n) is 16.6. The Labute approximate surface area is 188 Å². The van der Waals surface area contributed by atoms with E-state index in [9.17, 15) is 9.59 Å². The van der Waals surface area contributed by atoms with Gasteiger partial charge in [-0.1, -0.05) is 48.3 Å². The Kier molecular flexibility index (Phi) is 6.83. The molecule has 1 aliphatic rings. The van der Waals surface area contributed by atoms with E-state index in [-0.39, 0.29) is 23.6 Å². The molecule has 0 radical (unpaired) electrons. The number of thioether (sulfide) groups is 1. The standard InChI is InChI=1S/C21H21ClN6O2S/c22-14-9-11-16(12-10-14)28-21(25-26-27-28)31-13-19(29)24-18-8-4-3-7-17(18)20(30)23-15-5-1-2-6-15/h3-4,7-12,15H,1-2,5-6,13H2,(H,23,30)(H,24,29). The fourth-order valence-electron chi connectivity index (χ4n) is 3.45. The van der Waals surface area contributed by atoms with Crippen LogP contribution in [0.1, 0.15) is 36.0 Å². The first-order chi connectivity index (χ1) is 15.1. The molecule has 10 heteroatoms. The second kappa shape index (κ2) is 9.93. The number of tetrazole rings is 1. The highest BCUT2D eigenvalue weighted by Crippen LogP contribution is 2.22. The Bertz CT molecular complexity index is 1070. The van der Waals surface area contributed by atoms with Gasteiger partial charge >= 0.3 is 0 Å². The normalized spacial score (nSPS) is 13.8. The van der Waals surface area contributed by atoms with Crippen molar-refractivity contribution in [2.75, 3.05) is 11.1 Å². The van der Waals surface area contributed by atoms with Gasteiger partial charge in [0.15, 0.2) is 0 Å². The number of carbonyl (C=O) groups is 2. The third-order valence-corrected chi connectivity index (χ3v) is 6.15. The van der Waals surface area contributed by atoms with Crippen LogP contribution in [0.2, 0.25) is 5.02 Å². The number of amides is 2. The summed E-state index contributed by atoms with van der Waals surface area (Å²) in [6.07, 6.45) is 4.27. The molecule has 2 amide bonds. The summed E-state index contributed by atoms with van der Waals surface area (Å²) in [5.41, 5.74) is 1.69. The second-order valence-corrected chi connectivity index (χ2v) is 8.57. The molecule has 3 aromatic rings. The number of hydrogen-bond donors (Lipinski definition) is 2. The lowest BCUT2D eigenvalue weighted by Gasteiger charge is -2.15. The quantitative estimate of drug-likeness (QED) is 0.525. The van der Waals surface area contributed by atoms with Gasteiger partial charge in [-0.2, -0.15) is 4.68 Å². The smallest absolute Gasteiger partial charge is 0.253 e. The number of halogens is 1.